The standard InChI is InChI=1S/C32H41F2N3O3S/c1-21-16-25(30-24(12-14-29(39)40)9-6-10-27(30)33)17-22(2)31(21)41-37(5)20-26(38)19-36-32(3,4)15-7-8-23-11-13-28(34)35-18-23/h6,9-11,13,16-18,26,36,38H,7-8,12,14-15,19-20H2,1-5H3,(H,39,40)/t26-/m1/s1. The summed E-state index contributed by atoms with van der Waals surface area (Å²) in [5, 5.41) is 23.3. The number of carbonyl (C=O) groups is 1. The summed E-state index contributed by atoms with van der Waals surface area (Å²) in [6.07, 6.45) is 3.82. The van der Waals surface area contributed by atoms with Gasteiger partial charge in [0.25, 0.3) is 0 Å². The van der Waals surface area contributed by atoms with E-state index in [-0.39, 0.29) is 24.2 Å². The van der Waals surface area contributed by atoms with Crippen molar-refractivity contribution >= 4 is 17.9 Å². The van der Waals surface area contributed by atoms with Gasteiger partial charge in [-0.3, -0.25) is 4.79 Å². The number of carboxylic acid groups (broad SMARTS) is 1. The molecule has 0 radical (unpaired) electrons. The monoisotopic (exact) mass is 585 g/mol. The van der Waals surface area contributed by atoms with Gasteiger partial charge in [-0.2, -0.15) is 4.39 Å². The van der Waals surface area contributed by atoms with E-state index in [0.29, 0.717) is 24.2 Å². The van der Waals surface area contributed by atoms with Gasteiger partial charge in [0.1, 0.15) is 5.82 Å². The molecule has 0 aliphatic heterocycles. The maximum atomic E-state index is 14.9. The first-order chi connectivity index (χ1) is 19.3. The number of aliphatic hydroxyl groups excluding tert-OH is 1. The van der Waals surface area contributed by atoms with Crippen LogP contribution in [0.5, 0.6) is 0 Å². The van der Waals surface area contributed by atoms with Gasteiger partial charge in [0.15, 0.2) is 0 Å². The zero-order valence-corrected chi connectivity index (χ0v) is 25.3. The smallest absolute Gasteiger partial charge is 0.303 e. The number of aryl methyl sites for hydroxylation is 4. The number of nitrogens with zero attached hydrogens (tertiary/aromatic N) is 2. The summed E-state index contributed by atoms with van der Waals surface area (Å²) in [7, 11) is 1.93. The summed E-state index contributed by atoms with van der Waals surface area (Å²) in [6, 6.07) is 11.8. The minimum atomic E-state index is -0.914. The molecule has 1 atom stereocenters. The second-order valence-corrected chi connectivity index (χ2v) is 12.5. The van der Waals surface area contributed by atoms with Gasteiger partial charge >= 0.3 is 5.97 Å². The molecule has 0 bridgehead atoms. The number of hydrogen-bond donors (Lipinski definition) is 3. The number of benzene rings is 2. The van der Waals surface area contributed by atoms with Crippen LogP contribution in [0, 0.1) is 25.6 Å². The van der Waals surface area contributed by atoms with E-state index in [9.17, 15) is 18.7 Å². The van der Waals surface area contributed by atoms with Gasteiger partial charge in [0.05, 0.1) is 6.10 Å². The number of rotatable bonds is 15. The number of carboxylic acids is 1. The molecule has 6 nitrogen and oxygen atoms in total. The van der Waals surface area contributed by atoms with Gasteiger partial charge in [-0.1, -0.05) is 30.3 Å². The third kappa shape index (κ3) is 10.2. The minimum Gasteiger partial charge on any atom is -0.481 e. The zero-order chi connectivity index (χ0) is 30.2. The molecule has 0 spiro atoms. The highest BCUT2D eigenvalue weighted by Crippen LogP contribution is 2.35. The molecule has 222 valence electrons. The van der Waals surface area contributed by atoms with E-state index in [1.807, 2.05) is 37.3 Å². The van der Waals surface area contributed by atoms with Crippen molar-refractivity contribution in [3.05, 3.63) is 82.7 Å². The lowest BCUT2D eigenvalue weighted by molar-refractivity contribution is -0.136. The summed E-state index contributed by atoms with van der Waals surface area (Å²) in [5.41, 5.74) is 4.65. The molecule has 3 aromatic rings. The average Bonchev–Trinajstić information content (AvgIpc) is 2.89. The third-order valence-corrected chi connectivity index (χ3v) is 8.33. The number of likely N-dealkylation sites (N-methyl/N-ethyl adjacent to an activating group) is 1. The van der Waals surface area contributed by atoms with E-state index >= 15 is 0 Å². The van der Waals surface area contributed by atoms with Crippen LogP contribution in [0.25, 0.3) is 11.1 Å². The molecule has 3 N–H and O–H groups in total. The van der Waals surface area contributed by atoms with Crippen LogP contribution in [-0.4, -0.2) is 57.3 Å². The van der Waals surface area contributed by atoms with Crippen LogP contribution >= 0.6 is 11.9 Å². The average molecular weight is 586 g/mol. The predicted octanol–water partition coefficient (Wildman–Crippen LogP) is 6.35. The Morgan fingerprint density at radius 2 is 1.83 bits per heavy atom. The lowest BCUT2D eigenvalue weighted by Gasteiger charge is -2.29. The molecule has 0 unspecified atom stereocenters. The van der Waals surface area contributed by atoms with Crippen molar-refractivity contribution in [2.75, 3.05) is 20.1 Å². The zero-order valence-electron chi connectivity index (χ0n) is 24.5. The second kappa shape index (κ2) is 14.9. The number of hydrogen-bond acceptors (Lipinski definition) is 6. The SMILES string of the molecule is Cc1cc(-c2c(F)cccc2CCC(=O)O)cc(C)c1SN(C)C[C@H](O)CNC(C)(C)CCCc1ccc(F)nc1. The van der Waals surface area contributed by atoms with E-state index in [1.165, 1.54) is 24.1 Å². The summed E-state index contributed by atoms with van der Waals surface area (Å²) >= 11 is 1.54. The molecule has 0 amide bonds. The Hall–Kier alpha value is -2.85. The molecule has 2 aromatic carbocycles. The van der Waals surface area contributed by atoms with E-state index in [0.717, 1.165) is 46.4 Å². The molecular weight excluding hydrogens is 544 g/mol. The van der Waals surface area contributed by atoms with Crippen LogP contribution in [0.2, 0.25) is 0 Å². The van der Waals surface area contributed by atoms with Gasteiger partial charge in [-0.25, -0.2) is 13.7 Å². The van der Waals surface area contributed by atoms with Gasteiger partial charge < -0.3 is 15.5 Å². The fourth-order valence-electron chi connectivity index (χ4n) is 4.91. The van der Waals surface area contributed by atoms with E-state index < -0.39 is 18.0 Å². The fraction of sp³-hybridized carbons (Fsp3) is 0.438. The van der Waals surface area contributed by atoms with Crippen molar-refractivity contribution in [3.8, 4) is 11.1 Å². The molecule has 0 saturated heterocycles. The van der Waals surface area contributed by atoms with E-state index in [2.05, 4.69) is 24.1 Å². The number of β-amino-alcohol motifs (C(OH)–C–C–N with tert-alkyl or cyclic N) is 1. The third-order valence-electron chi connectivity index (χ3n) is 7.04. The van der Waals surface area contributed by atoms with Crippen LogP contribution < -0.4 is 5.32 Å². The Morgan fingerprint density at radius 1 is 1.12 bits per heavy atom. The Labute approximate surface area is 246 Å². The molecule has 41 heavy (non-hydrogen) atoms. The quantitative estimate of drug-likeness (QED) is 0.142. The normalized spacial score (nSPS) is 12.6. The number of aliphatic hydroxyl groups is 1. The molecule has 9 heteroatoms. The predicted molar refractivity (Wildman–Crippen MR) is 161 cm³/mol. The highest BCUT2D eigenvalue weighted by atomic mass is 32.2. The van der Waals surface area contributed by atoms with Gasteiger partial charge in [0.2, 0.25) is 5.95 Å². The number of halogens is 2. The van der Waals surface area contributed by atoms with E-state index in [1.54, 1.807) is 24.4 Å². The minimum absolute atomic E-state index is 0.0603. The summed E-state index contributed by atoms with van der Waals surface area (Å²) in [4.78, 5) is 15.8. The Kier molecular flexibility index (Phi) is 11.8. The molecule has 1 aromatic heterocycles. The van der Waals surface area contributed by atoms with Crippen molar-refractivity contribution in [2.24, 2.45) is 0 Å². The molecule has 0 saturated carbocycles. The van der Waals surface area contributed by atoms with E-state index in [4.69, 9.17) is 5.11 Å². The number of nitrogens with one attached hydrogen (secondary N) is 1. The first kappa shape index (κ1) is 32.7. The van der Waals surface area contributed by atoms with Gasteiger partial charge in [-0.05, 0) is 112 Å². The topological polar surface area (TPSA) is 85.7 Å². The summed E-state index contributed by atoms with van der Waals surface area (Å²) in [5.74, 6) is -1.75. The van der Waals surface area contributed by atoms with Crippen molar-refractivity contribution in [1.82, 2.24) is 14.6 Å². The summed E-state index contributed by atoms with van der Waals surface area (Å²) < 4.78 is 29.9. The van der Waals surface area contributed by atoms with Crippen molar-refractivity contribution < 1.29 is 23.8 Å². The Balaban J connectivity index is 1.55. The maximum absolute atomic E-state index is 14.9. The fourth-order valence-corrected chi connectivity index (χ4v) is 5.87. The highest BCUT2D eigenvalue weighted by molar-refractivity contribution is 7.97. The summed E-state index contributed by atoms with van der Waals surface area (Å²) in [6.45, 7) is 9.07. The lowest BCUT2D eigenvalue weighted by atomic mass is 9.94. The Morgan fingerprint density at radius 3 is 2.46 bits per heavy atom. The molecule has 0 aliphatic rings. The molecule has 3 rings (SSSR count). The highest BCUT2D eigenvalue weighted by Gasteiger charge is 2.20. The van der Waals surface area contributed by atoms with Crippen molar-refractivity contribution in [2.45, 2.75) is 76.3 Å². The van der Waals surface area contributed by atoms with Gasteiger partial charge in [-0.15, -0.1) is 0 Å². The van der Waals surface area contributed by atoms with Crippen molar-refractivity contribution in [1.29, 1.82) is 0 Å². The number of aromatic nitrogens is 1. The van der Waals surface area contributed by atoms with Crippen molar-refractivity contribution in [3.63, 3.8) is 0 Å². The Bertz CT molecular complexity index is 1300. The first-order valence-electron chi connectivity index (χ1n) is 13.9. The second-order valence-electron chi connectivity index (χ2n) is 11.3. The van der Waals surface area contributed by atoms with Gasteiger partial charge in [0, 0.05) is 41.7 Å². The largest absolute Gasteiger partial charge is 0.481 e. The van der Waals surface area contributed by atoms with Crippen LogP contribution in [0.3, 0.4) is 0 Å². The van der Waals surface area contributed by atoms with Crippen LogP contribution in [0.15, 0.2) is 53.6 Å². The molecule has 0 aliphatic carbocycles. The van der Waals surface area contributed by atoms with Crippen LogP contribution in [0.4, 0.5) is 8.78 Å². The maximum Gasteiger partial charge on any atom is 0.303 e. The molecular formula is C32H41F2N3O3S. The number of pyridine rings is 1. The first-order valence-corrected chi connectivity index (χ1v) is 14.7. The number of aliphatic carboxylic acids is 1. The molecule has 1 heterocycles. The lowest BCUT2D eigenvalue weighted by Crippen LogP contribution is -2.45. The van der Waals surface area contributed by atoms with Crippen LogP contribution in [-0.2, 0) is 17.6 Å². The molecule has 0 fully saturated rings. The van der Waals surface area contributed by atoms with Crippen LogP contribution in [0.1, 0.15) is 55.4 Å².